The van der Waals surface area contributed by atoms with Gasteiger partial charge in [0.15, 0.2) is 0 Å². The summed E-state index contributed by atoms with van der Waals surface area (Å²) in [6.45, 7) is 0.351. The van der Waals surface area contributed by atoms with Gasteiger partial charge in [-0.05, 0) is 18.9 Å². The van der Waals surface area contributed by atoms with E-state index in [0.717, 1.165) is 5.69 Å². The largest absolute Gasteiger partial charge is 0.391 e. The fraction of sp³-hybridized carbons (Fsp3) is 0.462. The van der Waals surface area contributed by atoms with E-state index in [1.54, 1.807) is 10.6 Å². The van der Waals surface area contributed by atoms with E-state index in [2.05, 4.69) is 15.3 Å². The number of carbonyl (C=O) groups is 1. The molecule has 0 radical (unpaired) electrons. The second-order valence-corrected chi connectivity index (χ2v) is 5.18. The van der Waals surface area contributed by atoms with E-state index in [9.17, 15) is 9.90 Å². The van der Waals surface area contributed by atoms with Crippen LogP contribution in [0, 0.1) is 5.92 Å². The van der Waals surface area contributed by atoms with Crippen LogP contribution in [0.3, 0.4) is 0 Å². The molecule has 1 fully saturated rings. The summed E-state index contributed by atoms with van der Waals surface area (Å²) in [6.07, 6.45) is 5.74. The standard InChI is InChI=1S/C13H17N5O2/c14-10-4-8(5-11(10)19)12(20)16-6-9-7-18-3-1-2-15-13(18)17-9/h1-3,7-8,10-11,19H,4-6,14H2,(H,16,20)/t8-,10+,11+/m0/s1. The van der Waals surface area contributed by atoms with Crippen molar-refractivity contribution in [2.45, 2.75) is 31.5 Å². The van der Waals surface area contributed by atoms with Crippen molar-refractivity contribution in [2.75, 3.05) is 0 Å². The summed E-state index contributed by atoms with van der Waals surface area (Å²) in [6, 6.07) is 1.52. The number of aliphatic hydroxyl groups excluding tert-OH is 1. The Balaban J connectivity index is 1.60. The van der Waals surface area contributed by atoms with Crippen LogP contribution in [0.2, 0.25) is 0 Å². The topological polar surface area (TPSA) is 106 Å². The van der Waals surface area contributed by atoms with Crippen LogP contribution >= 0.6 is 0 Å². The quantitative estimate of drug-likeness (QED) is 0.696. The lowest BCUT2D eigenvalue weighted by atomic mass is 10.1. The molecule has 1 aliphatic carbocycles. The summed E-state index contributed by atoms with van der Waals surface area (Å²) >= 11 is 0. The number of carbonyl (C=O) groups excluding carboxylic acids is 1. The van der Waals surface area contributed by atoms with Gasteiger partial charge in [0.2, 0.25) is 11.7 Å². The molecule has 3 rings (SSSR count). The van der Waals surface area contributed by atoms with Gasteiger partial charge in [0.05, 0.1) is 18.3 Å². The van der Waals surface area contributed by atoms with Crippen LogP contribution in [0.5, 0.6) is 0 Å². The van der Waals surface area contributed by atoms with E-state index >= 15 is 0 Å². The number of amides is 1. The zero-order valence-corrected chi connectivity index (χ0v) is 10.9. The van der Waals surface area contributed by atoms with E-state index in [0.29, 0.717) is 25.2 Å². The van der Waals surface area contributed by atoms with E-state index in [1.165, 1.54) is 0 Å². The smallest absolute Gasteiger partial charge is 0.233 e. The van der Waals surface area contributed by atoms with Gasteiger partial charge in [-0.1, -0.05) is 0 Å². The number of fused-ring (bicyclic) bond motifs is 1. The monoisotopic (exact) mass is 275 g/mol. The molecule has 4 N–H and O–H groups in total. The second-order valence-electron chi connectivity index (χ2n) is 5.18. The summed E-state index contributed by atoms with van der Waals surface area (Å²) in [5.74, 6) is 0.312. The summed E-state index contributed by atoms with van der Waals surface area (Å²) in [5.41, 5.74) is 6.46. The average Bonchev–Trinajstić information content (AvgIpc) is 3.00. The second kappa shape index (κ2) is 5.18. The van der Waals surface area contributed by atoms with Crippen molar-refractivity contribution in [2.24, 2.45) is 11.7 Å². The Morgan fingerprint density at radius 1 is 1.55 bits per heavy atom. The summed E-state index contributed by atoms with van der Waals surface area (Å²) in [7, 11) is 0. The minimum absolute atomic E-state index is 0.0815. The molecule has 20 heavy (non-hydrogen) atoms. The molecule has 1 aliphatic rings. The van der Waals surface area contributed by atoms with Crippen LogP contribution in [0.15, 0.2) is 24.7 Å². The molecule has 2 aromatic heterocycles. The Labute approximate surface area is 115 Å². The van der Waals surface area contributed by atoms with Gasteiger partial charge >= 0.3 is 0 Å². The minimum Gasteiger partial charge on any atom is -0.391 e. The van der Waals surface area contributed by atoms with Gasteiger partial charge < -0.3 is 16.2 Å². The van der Waals surface area contributed by atoms with Gasteiger partial charge in [0.1, 0.15) is 0 Å². The third kappa shape index (κ3) is 2.50. The molecule has 7 nitrogen and oxygen atoms in total. The first-order valence-corrected chi connectivity index (χ1v) is 6.63. The molecule has 0 bridgehead atoms. The van der Waals surface area contributed by atoms with Crippen molar-refractivity contribution in [3.05, 3.63) is 30.4 Å². The Bertz CT molecular complexity index is 583. The SMILES string of the molecule is N[C@@H]1C[C@H](C(=O)NCc2cn3cccnc3n2)C[C@H]1O. The Morgan fingerprint density at radius 3 is 3.10 bits per heavy atom. The lowest BCUT2D eigenvalue weighted by Gasteiger charge is -2.09. The number of nitrogens with one attached hydrogen (secondary N) is 1. The predicted molar refractivity (Wildman–Crippen MR) is 71.5 cm³/mol. The molecule has 2 heterocycles. The molecule has 106 valence electrons. The van der Waals surface area contributed by atoms with Crippen LogP contribution in [0.1, 0.15) is 18.5 Å². The van der Waals surface area contributed by atoms with Gasteiger partial charge in [0.25, 0.3) is 0 Å². The van der Waals surface area contributed by atoms with Crippen LogP contribution in [-0.4, -0.2) is 37.5 Å². The van der Waals surface area contributed by atoms with Gasteiger partial charge in [-0.25, -0.2) is 9.97 Å². The van der Waals surface area contributed by atoms with Crippen LogP contribution in [0.25, 0.3) is 5.78 Å². The first-order valence-electron chi connectivity index (χ1n) is 6.63. The highest BCUT2D eigenvalue weighted by Gasteiger charge is 2.34. The highest BCUT2D eigenvalue weighted by molar-refractivity contribution is 5.79. The molecular formula is C13H17N5O2. The first-order chi connectivity index (χ1) is 9.63. The van der Waals surface area contributed by atoms with Crippen LogP contribution in [-0.2, 0) is 11.3 Å². The number of hydrogen-bond donors (Lipinski definition) is 3. The Kier molecular flexibility index (Phi) is 3.37. The third-order valence-electron chi connectivity index (χ3n) is 3.68. The van der Waals surface area contributed by atoms with Crippen molar-refractivity contribution in [1.82, 2.24) is 19.7 Å². The summed E-state index contributed by atoms with van der Waals surface area (Å²) in [5, 5.41) is 12.4. The van der Waals surface area contributed by atoms with Crippen molar-refractivity contribution in [1.29, 1.82) is 0 Å². The van der Waals surface area contributed by atoms with Crippen molar-refractivity contribution >= 4 is 11.7 Å². The van der Waals surface area contributed by atoms with Crippen LogP contribution in [0.4, 0.5) is 0 Å². The lowest BCUT2D eigenvalue weighted by molar-refractivity contribution is -0.125. The van der Waals surface area contributed by atoms with Crippen molar-refractivity contribution in [3.8, 4) is 0 Å². The van der Waals surface area contributed by atoms with E-state index in [4.69, 9.17) is 5.73 Å². The number of nitrogens with two attached hydrogens (primary N) is 1. The maximum atomic E-state index is 12.0. The molecular weight excluding hydrogens is 258 g/mol. The number of imidazole rings is 1. The lowest BCUT2D eigenvalue weighted by Crippen LogP contribution is -2.30. The van der Waals surface area contributed by atoms with Gasteiger partial charge in [0, 0.05) is 30.6 Å². The van der Waals surface area contributed by atoms with Gasteiger partial charge in [-0.15, -0.1) is 0 Å². The summed E-state index contributed by atoms with van der Waals surface area (Å²) < 4.78 is 1.80. The fourth-order valence-electron chi connectivity index (χ4n) is 2.55. The normalized spacial score (nSPS) is 26.0. The number of aromatic nitrogens is 3. The molecule has 0 unspecified atom stereocenters. The molecule has 3 atom stereocenters. The Hall–Kier alpha value is -1.99. The van der Waals surface area contributed by atoms with Gasteiger partial charge in [-0.3, -0.25) is 9.20 Å². The Morgan fingerprint density at radius 2 is 2.40 bits per heavy atom. The van der Waals surface area contributed by atoms with E-state index in [1.807, 2.05) is 18.5 Å². The maximum absolute atomic E-state index is 12.0. The van der Waals surface area contributed by atoms with E-state index in [-0.39, 0.29) is 17.9 Å². The molecule has 1 saturated carbocycles. The maximum Gasteiger partial charge on any atom is 0.233 e. The highest BCUT2D eigenvalue weighted by Crippen LogP contribution is 2.24. The molecule has 0 saturated heterocycles. The highest BCUT2D eigenvalue weighted by atomic mass is 16.3. The zero-order chi connectivity index (χ0) is 14.1. The number of aliphatic hydroxyl groups is 1. The van der Waals surface area contributed by atoms with Crippen molar-refractivity contribution < 1.29 is 9.90 Å². The fourth-order valence-corrected chi connectivity index (χ4v) is 2.55. The average molecular weight is 275 g/mol. The first kappa shape index (κ1) is 13.0. The molecule has 0 aromatic carbocycles. The molecule has 0 aliphatic heterocycles. The van der Waals surface area contributed by atoms with Crippen LogP contribution < -0.4 is 11.1 Å². The zero-order valence-electron chi connectivity index (χ0n) is 10.9. The third-order valence-corrected chi connectivity index (χ3v) is 3.68. The van der Waals surface area contributed by atoms with Gasteiger partial charge in [-0.2, -0.15) is 0 Å². The molecule has 7 heteroatoms. The number of hydrogen-bond acceptors (Lipinski definition) is 5. The number of nitrogens with zero attached hydrogens (tertiary/aromatic N) is 3. The minimum atomic E-state index is -0.579. The summed E-state index contributed by atoms with van der Waals surface area (Å²) in [4.78, 5) is 20.4. The van der Waals surface area contributed by atoms with Crippen molar-refractivity contribution in [3.63, 3.8) is 0 Å². The predicted octanol–water partition coefficient (Wildman–Crippen LogP) is -0.556. The molecule has 2 aromatic rings. The van der Waals surface area contributed by atoms with E-state index < -0.39 is 6.10 Å². The molecule has 0 spiro atoms. The molecule has 1 amide bonds. The number of rotatable bonds is 3.